The van der Waals surface area contributed by atoms with Crippen molar-refractivity contribution in [3.8, 4) is 0 Å². The van der Waals surface area contributed by atoms with Gasteiger partial charge < -0.3 is 0 Å². The van der Waals surface area contributed by atoms with E-state index in [2.05, 4.69) is 29.2 Å². The Morgan fingerprint density at radius 2 is 1.74 bits per heavy atom. The second-order valence-corrected chi connectivity index (χ2v) is 5.89. The fourth-order valence-electron chi connectivity index (χ4n) is 2.59. The number of carbonyl (C=O) groups is 1. The molecule has 1 aromatic carbocycles. The molecule has 0 bridgehead atoms. The zero-order valence-electron chi connectivity index (χ0n) is 10.8. The highest BCUT2D eigenvalue weighted by Gasteiger charge is 2.17. The largest absolute Gasteiger partial charge is 0.295 e. The average molecular weight is 271 g/mol. The van der Waals surface area contributed by atoms with E-state index in [0.717, 1.165) is 30.8 Å². The van der Waals surface area contributed by atoms with Gasteiger partial charge in [0.15, 0.2) is 5.78 Å². The summed E-state index contributed by atoms with van der Waals surface area (Å²) in [6.07, 6.45) is 2.10. The van der Waals surface area contributed by atoms with Crippen LogP contribution < -0.4 is 0 Å². The van der Waals surface area contributed by atoms with Gasteiger partial charge in [0, 0.05) is 13.1 Å². The van der Waals surface area contributed by atoms with Crippen LogP contribution >= 0.6 is 11.3 Å². The van der Waals surface area contributed by atoms with Gasteiger partial charge in [-0.05, 0) is 35.4 Å². The Morgan fingerprint density at radius 1 is 1.05 bits per heavy atom. The molecule has 0 fully saturated rings. The number of fused-ring (bicyclic) bond motifs is 1. The molecule has 0 aliphatic carbocycles. The molecule has 1 aliphatic heterocycles. The van der Waals surface area contributed by atoms with Gasteiger partial charge in [-0.3, -0.25) is 9.69 Å². The van der Waals surface area contributed by atoms with Crippen LogP contribution in [-0.2, 0) is 12.8 Å². The van der Waals surface area contributed by atoms with Gasteiger partial charge in [0.2, 0.25) is 0 Å². The number of hydrogen-bond donors (Lipinski definition) is 0. The SMILES string of the molecule is O=C(CN1CCc2ccccc2CC1)c1cccs1. The van der Waals surface area contributed by atoms with Crippen molar-refractivity contribution in [2.45, 2.75) is 12.8 Å². The van der Waals surface area contributed by atoms with E-state index in [-0.39, 0.29) is 5.78 Å². The maximum Gasteiger partial charge on any atom is 0.186 e. The summed E-state index contributed by atoms with van der Waals surface area (Å²) in [5, 5.41) is 1.96. The molecular formula is C16H17NOS. The molecule has 1 aromatic heterocycles. The first-order chi connectivity index (χ1) is 9.33. The average Bonchev–Trinajstić information content (AvgIpc) is 2.90. The first kappa shape index (κ1) is 12.6. The maximum atomic E-state index is 12.1. The Kier molecular flexibility index (Phi) is 3.76. The van der Waals surface area contributed by atoms with Crippen molar-refractivity contribution in [1.29, 1.82) is 0 Å². The molecule has 1 aliphatic rings. The van der Waals surface area contributed by atoms with Crippen molar-refractivity contribution in [3.63, 3.8) is 0 Å². The molecule has 0 spiro atoms. The van der Waals surface area contributed by atoms with Crippen molar-refractivity contribution in [3.05, 3.63) is 57.8 Å². The first-order valence-electron chi connectivity index (χ1n) is 6.69. The molecule has 2 heterocycles. The highest BCUT2D eigenvalue weighted by atomic mass is 32.1. The van der Waals surface area contributed by atoms with Gasteiger partial charge in [-0.25, -0.2) is 0 Å². The van der Waals surface area contributed by atoms with E-state index in [4.69, 9.17) is 0 Å². The van der Waals surface area contributed by atoms with E-state index in [1.54, 1.807) is 0 Å². The van der Waals surface area contributed by atoms with E-state index in [9.17, 15) is 4.79 Å². The van der Waals surface area contributed by atoms with Gasteiger partial charge >= 0.3 is 0 Å². The zero-order chi connectivity index (χ0) is 13.1. The van der Waals surface area contributed by atoms with Crippen molar-refractivity contribution in [2.24, 2.45) is 0 Å². The molecule has 98 valence electrons. The van der Waals surface area contributed by atoms with Gasteiger partial charge in [0.25, 0.3) is 0 Å². The van der Waals surface area contributed by atoms with Crippen LogP contribution in [0.3, 0.4) is 0 Å². The van der Waals surface area contributed by atoms with Crippen LogP contribution in [0.15, 0.2) is 41.8 Å². The Balaban J connectivity index is 1.64. The van der Waals surface area contributed by atoms with Gasteiger partial charge in [-0.15, -0.1) is 11.3 Å². The minimum atomic E-state index is 0.251. The van der Waals surface area contributed by atoms with Crippen LogP contribution in [0.1, 0.15) is 20.8 Å². The van der Waals surface area contributed by atoms with Gasteiger partial charge in [-0.2, -0.15) is 0 Å². The fourth-order valence-corrected chi connectivity index (χ4v) is 3.25. The van der Waals surface area contributed by atoms with E-state index >= 15 is 0 Å². The molecule has 0 amide bonds. The van der Waals surface area contributed by atoms with Gasteiger partial charge in [-0.1, -0.05) is 30.3 Å². The molecule has 0 radical (unpaired) electrons. The normalized spacial score (nSPS) is 15.8. The summed E-state index contributed by atoms with van der Waals surface area (Å²) in [4.78, 5) is 15.3. The van der Waals surface area contributed by atoms with Gasteiger partial charge in [0.1, 0.15) is 0 Å². The van der Waals surface area contributed by atoms with E-state index in [0.29, 0.717) is 6.54 Å². The topological polar surface area (TPSA) is 20.3 Å². The molecule has 2 nitrogen and oxygen atoms in total. The van der Waals surface area contributed by atoms with Gasteiger partial charge in [0.05, 0.1) is 11.4 Å². The van der Waals surface area contributed by atoms with Crippen molar-refractivity contribution >= 4 is 17.1 Å². The summed E-state index contributed by atoms with van der Waals surface area (Å²) < 4.78 is 0. The molecule has 0 unspecified atom stereocenters. The lowest BCUT2D eigenvalue weighted by Crippen LogP contribution is -2.31. The number of Topliss-reactive ketones (excluding diaryl/α,β-unsaturated/α-hetero) is 1. The maximum absolute atomic E-state index is 12.1. The summed E-state index contributed by atoms with van der Waals surface area (Å²) in [5.74, 6) is 0.251. The predicted molar refractivity (Wildman–Crippen MR) is 78.9 cm³/mol. The summed E-state index contributed by atoms with van der Waals surface area (Å²) in [7, 11) is 0. The quantitative estimate of drug-likeness (QED) is 0.800. The molecule has 0 N–H and O–H groups in total. The van der Waals surface area contributed by atoms with E-state index in [1.807, 2.05) is 17.5 Å². The Bertz CT molecular complexity index is 535. The molecule has 0 atom stereocenters. The van der Waals surface area contributed by atoms with Crippen molar-refractivity contribution in [1.82, 2.24) is 4.90 Å². The Morgan fingerprint density at radius 3 is 2.32 bits per heavy atom. The summed E-state index contributed by atoms with van der Waals surface area (Å²) >= 11 is 1.54. The number of thiophene rings is 1. The van der Waals surface area contributed by atoms with Crippen LogP contribution in [-0.4, -0.2) is 30.3 Å². The van der Waals surface area contributed by atoms with Crippen LogP contribution in [0.25, 0.3) is 0 Å². The van der Waals surface area contributed by atoms with Crippen LogP contribution in [0.4, 0.5) is 0 Å². The zero-order valence-corrected chi connectivity index (χ0v) is 11.7. The third-order valence-electron chi connectivity index (χ3n) is 3.68. The van der Waals surface area contributed by atoms with E-state index in [1.165, 1.54) is 22.5 Å². The number of rotatable bonds is 3. The summed E-state index contributed by atoms with van der Waals surface area (Å²) in [6, 6.07) is 12.5. The van der Waals surface area contributed by atoms with Crippen molar-refractivity contribution < 1.29 is 4.79 Å². The Labute approximate surface area is 117 Å². The second-order valence-electron chi connectivity index (χ2n) is 4.95. The first-order valence-corrected chi connectivity index (χ1v) is 7.57. The molecule has 0 saturated heterocycles. The standard InChI is InChI=1S/C16H17NOS/c18-15(16-6-3-11-19-16)12-17-9-7-13-4-1-2-5-14(13)8-10-17/h1-6,11H,7-10,12H2. The number of nitrogens with zero attached hydrogens (tertiary/aromatic N) is 1. The van der Waals surface area contributed by atoms with Crippen LogP contribution in [0.2, 0.25) is 0 Å². The van der Waals surface area contributed by atoms with Crippen LogP contribution in [0, 0.1) is 0 Å². The molecule has 2 aromatic rings. The number of carbonyl (C=O) groups excluding carboxylic acids is 1. The predicted octanol–water partition coefficient (Wildman–Crippen LogP) is 3.03. The Hall–Kier alpha value is -1.45. The molecule has 3 rings (SSSR count). The molecular weight excluding hydrogens is 254 g/mol. The van der Waals surface area contributed by atoms with Crippen LogP contribution in [0.5, 0.6) is 0 Å². The lowest BCUT2D eigenvalue weighted by Gasteiger charge is -2.18. The monoisotopic (exact) mass is 271 g/mol. The second kappa shape index (κ2) is 5.68. The summed E-state index contributed by atoms with van der Waals surface area (Å²) in [6.45, 7) is 2.51. The third kappa shape index (κ3) is 2.94. The molecule has 3 heteroatoms. The fraction of sp³-hybridized carbons (Fsp3) is 0.312. The smallest absolute Gasteiger partial charge is 0.186 e. The third-order valence-corrected chi connectivity index (χ3v) is 4.59. The van der Waals surface area contributed by atoms with Crippen molar-refractivity contribution in [2.75, 3.05) is 19.6 Å². The highest BCUT2D eigenvalue weighted by molar-refractivity contribution is 7.12. The molecule has 19 heavy (non-hydrogen) atoms. The minimum absolute atomic E-state index is 0.251. The highest BCUT2D eigenvalue weighted by Crippen LogP contribution is 2.16. The summed E-state index contributed by atoms with van der Waals surface area (Å²) in [5.41, 5.74) is 2.88. The number of hydrogen-bond acceptors (Lipinski definition) is 3. The number of benzene rings is 1. The lowest BCUT2D eigenvalue weighted by atomic mass is 10.0. The number of ketones is 1. The lowest BCUT2D eigenvalue weighted by molar-refractivity contribution is 0.0937. The molecule has 0 saturated carbocycles. The van der Waals surface area contributed by atoms with E-state index < -0.39 is 0 Å². The minimum Gasteiger partial charge on any atom is -0.295 e.